The first kappa shape index (κ1) is 20.0. The highest BCUT2D eigenvalue weighted by Gasteiger charge is 2.20. The van der Waals surface area contributed by atoms with Crippen molar-refractivity contribution < 1.29 is 9.13 Å². The van der Waals surface area contributed by atoms with E-state index in [4.69, 9.17) is 4.74 Å². The second kappa shape index (κ2) is 9.05. The zero-order chi connectivity index (χ0) is 20.2. The monoisotopic (exact) mass is 400 g/mol. The van der Waals surface area contributed by atoms with Gasteiger partial charge < -0.3 is 10.1 Å². The minimum atomic E-state index is -0.427. The molecule has 2 aliphatic rings. The molecule has 2 aromatic rings. The number of aromatic nitrogens is 2. The summed E-state index contributed by atoms with van der Waals surface area (Å²) in [6.07, 6.45) is 4.72. The third kappa shape index (κ3) is 4.67. The number of methoxy groups -OCH3 is 1. The van der Waals surface area contributed by atoms with Gasteiger partial charge in [0.25, 0.3) is 5.56 Å². The maximum atomic E-state index is 14.3. The summed E-state index contributed by atoms with van der Waals surface area (Å²) in [7, 11) is 1.45. The first-order valence-electron chi connectivity index (χ1n) is 10.5. The van der Waals surface area contributed by atoms with Gasteiger partial charge in [-0.05, 0) is 43.0 Å². The number of hydrogen-bond donors (Lipinski definition) is 1. The summed E-state index contributed by atoms with van der Waals surface area (Å²) in [4.78, 5) is 15.4. The van der Waals surface area contributed by atoms with Crippen molar-refractivity contribution in [1.82, 2.24) is 20.0 Å². The second-order valence-corrected chi connectivity index (χ2v) is 8.07. The van der Waals surface area contributed by atoms with Gasteiger partial charge in [0.2, 0.25) is 0 Å². The Morgan fingerprint density at radius 3 is 2.66 bits per heavy atom. The van der Waals surface area contributed by atoms with Crippen LogP contribution in [0.15, 0.2) is 29.1 Å². The standard InChI is InChI=1S/C22H29FN4O2/c1-29-21-7-6-17(12-19(21)23)20-13-18(15-26-10-8-24-9-11-26)22(28)27(25-20)14-16-4-2-3-5-16/h6-7,12-13,16,24H,2-5,8-11,14-15H2,1H3. The van der Waals surface area contributed by atoms with Crippen LogP contribution in [0.1, 0.15) is 31.2 Å². The molecule has 1 aromatic heterocycles. The van der Waals surface area contributed by atoms with E-state index in [9.17, 15) is 9.18 Å². The molecule has 0 unspecified atom stereocenters. The average molecular weight is 400 g/mol. The molecule has 4 rings (SSSR count). The lowest BCUT2D eigenvalue weighted by Gasteiger charge is -2.27. The normalized spacial score (nSPS) is 18.3. The molecule has 0 spiro atoms. The van der Waals surface area contributed by atoms with E-state index in [-0.39, 0.29) is 11.3 Å². The van der Waals surface area contributed by atoms with Crippen LogP contribution in [0.4, 0.5) is 4.39 Å². The molecule has 1 aliphatic heterocycles. The maximum Gasteiger partial charge on any atom is 0.271 e. The van der Waals surface area contributed by atoms with Gasteiger partial charge in [0.05, 0.1) is 12.8 Å². The predicted molar refractivity (Wildman–Crippen MR) is 111 cm³/mol. The fraction of sp³-hybridized carbons (Fsp3) is 0.545. The smallest absolute Gasteiger partial charge is 0.271 e. The van der Waals surface area contributed by atoms with Crippen LogP contribution in [0, 0.1) is 11.7 Å². The minimum Gasteiger partial charge on any atom is -0.494 e. The van der Waals surface area contributed by atoms with Gasteiger partial charge in [-0.15, -0.1) is 0 Å². The van der Waals surface area contributed by atoms with Crippen molar-refractivity contribution in [2.45, 2.75) is 38.8 Å². The van der Waals surface area contributed by atoms with Crippen molar-refractivity contribution in [3.8, 4) is 17.0 Å². The molecule has 1 saturated carbocycles. The molecule has 1 saturated heterocycles. The maximum absolute atomic E-state index is 14.3. The zero-order valence-corrected chi connectivity index (χ0v) is 17.0. The Bertz CT molecular complexity index is 902. The molecule has 7 heteroatoms. The first-order valence-corrected chi connectivity index (χ1v) is 10.5. The number of ether oxygens (including phenoxy) is 1. The third-order valence-corrected chi connectivity index (χ3v) is 6.01. The summed E-state index contributed by atoms with van der Waals surface area (Å²) in [6.45, 7) is 4.92. The van der Waals surface area contributed by atoms with E-state index in [0.29, 0.717) is 30.3 Å². The summed E-state index contributed by atoms with van der Waals surface area (Å²) < 4.78 is 20.9. The number of nitrogens with one attached hydrogen (secondary N) is 1. The lowest BCUT2D eigenvalue weighted by atomic mass is 10.1. The highest BCUT2D eigenvalue weighted by Crippen LogP contribution is 2.27. The molecule has 1 aliphatic carbocycles. The third-order valence-electron chi connectivity index (χ3n) is 6.01. The molecule has 0 amide bonds. The minimum absolute atomic E-state index is 0.0202. The van der Waals surface area contributed by atoms with E-state index in [1.54, 1.807) is 16.8 Å². The molecular weight excluding hydrogens is 371 g/mol. The zero-order valence-electron chi connectivity index (χ0n) is 17.0. The van der Waals surface area contributed by atoms with Crippen molar-refractivity contribution in [3.63, 3.8) is 0 Å². The summed E-state index contributed by atoms with van der Waals surface area (Å²) in [6, 6.07) is 6.66. The molecule has 2 fully saturated rings. The molecule has 29 heavy (non-hydrogen) atoms. The lowest BCUT2D eigenvalue weighted by Crippen LogP contribution is -2.44. The highest BCUT2D eigenvalue weighted by molar-refractivity contribution is 5.60. The van der Waals surface area contributed by atoms with Crippen LogP contribution < -0.4 is 15.6 Å². The molecule has 1 N–H and O–H groups in total. The summed E-state index contributed by atoms with van der Waals surface area (Å²) in [5, 5.41) is 7.96. The Balaban J connectivity index is 1.70. The van der Waals surface area contributed by atoms with Crippen molar-refractivity contribution in [2.75, 3.05) is 33.3 Å². The molecular formula is C22H29FN4O2. The van der Waals surface area contributed by atoms with Crippen molar-refractivity contribution >= 4 is 0 Å². The van der Waals surface area contributed by atoms with Crippen LogP contribution in [0.3, 0.4) is 0 Å². The SMILES string of the molecule is COc1ccc(-c2cc(CN3CCNCC3)c(=O)n(CC3CCCC3)n2)cc1F. The molecule has 0 bridgehead atoms. The van der Waals surface area contributed by atoms with Gasteiger partial charge >= 0.3 is 0 Å². The van der Waals surface area contributed by atoms with Gasteiger partial charge in [0.15, 0.2) is 11.6 Å². The summed E-state index contributed by atoms with van der Waals surface area (Å²) in [5.74, 6) is 0.271. The van der Waals surface area contributed by atoms with E-state index in [1.807, 2.05) is 6.07 Å². The average Bonchev–Trinajstić information content (AvgIpc) is 3.24. The Kier molecular flexibility index (Phi) is 6.25. The second-order valence-electron chi connectivity index (χ2n) is 8.07. The van der Waals surface area contributed by atoms with E-state index in [1.165, 1.54) is 26.0 Å². The Labute approximate surface area is 170 Å². The van der Waals surface area contributed by atoms with Crippen molar-refractivity contribution in [3.05, 3.63) is 46.0 Å². The molecule has 0 radical (unpaired) electrons. The fourth-order valence-corrected chi connectivity index (χ4v) is 4.35. The molecule has 2 heterocycles. The quantitative estimate of drug-likeness (QED) is 0.808. The van der Waals surface area contributed by atoms with Gasteiger partial charge in [-0.2, -0.15) is 5.10 Å². The van der Waals surface area contributed by atoms with Gasteiger partial charge in [0.1, 0.15) is 0 Å². The number of hydrogen-bond acceptors (Lipinski definition) is 5. The Hall–Kier alpha value is -2.25. The van der Waals surface area contributed by atoms with Crippen molar-refractivity contribution in [1.29, 1.82) is 0 Å². The van der Waals surface area contributed by atoms with Crippen LogP contribution in [0.2, 0.25) is 0 Å². The fourth-order valence-electron chi connectivity index (χ4n) is 4.35. The van der Waals surface area contributed by atoms with Crippen LogP contribution in [-0.2, 0) is 13.1 Å². The van der Waals surface area contributed by atoms with Gasteiger partial charge in [-0.1, -0.05) is 12.8 Å². The predicted octanol–water partition coefficient (Wildman–Crippen LogP) is 2.65. The molecule has 6 nitrogen and oxygen atoms in total. The largest absolute Gasteiger partial charge is 0.494 e. The van der Waals surface area contributed by atoms with E-state index in [2.05, 4.69) is 15.3 Å². The van der Waals surface area contributed by atoms with Crippen LogP contribution in [0.25, 0.3) is 11.3 Å². The van der Waals surface area contributed by atoms with E-state index < -0.39 is 5.82 Å². The number of benzene rings is 1. The number of rotatable bonds is 6. The summed E-state index contributed by atoms with van der Waals surface area (Å²) >= 11 is 0. The Morgan fingerprint density at radius 1 is 1.21 bits per heavy atom. The van der Waals surface area contributed by atoms with Crippen LogP contribution in [-0.4, -0.2) is 48.0 Å². The van der Waals surface area contributed by atoms with Gasteiger partial charge in [-0.3, -0.25) is 9.69 Å². The van der Waals surface area contributed by atoms with Crippen molar-refractivity contribution in [2.24, 2.45) is 5.92 Å². The van der Waals surface area contributed by atoms with Gasteiger partial charge in [-0.25, -0.2) is 9.07 Å². The first-order chi connectivity index (χ1) is 14.1. The number of halogens is 1. The Morgan fingerprint density at radius 2 is 1.97 bits per heavy atom. The highest BCUT2D eigenvalue weighted by atomic mass is 19.1. The van der Waals surface area contributed by atoms with Gasteiger partial charge in [0, 0.05) is 50.4 Å². The lowest BCUT2D eigenvalue weighted by molar-refractivity contribution is 0.231. The number of nitrogens with zero attached hydrogens (tertiary/aromatic N) is 3. The number of piperazine rings is 1. The molecule has 0 atom stereocenters. The van der Waals surface area contributed by atoms with E-state index in [0.717, 1.165) is 44.6 Å². The van der Waals surface area contributed by atoms with Crippen LogP contribution >= 0.6 is 0 Å². The molecule has 1 aromatic carbocycles. The van der Waals surface area contributed by atoms with E-state index >= 15 is 0 Å². The topological polar surface area (TPSA) is 59.4 Å². The van der Waals surface area contributed by atoms with Crippen LogP contribution in [0.5, 0.6) is 5.75 Å². The summed E-state index contributed by atoms with van der Waals surface area (Å²) in [5.41, 5.74) is 2.00. The molecule has 156 valence electrons.